The standard InChI is InChI=1S/C12H8N4O3/c1-8-3-2-4-10(11(8)16(17)18)19-12-14-6-5-9(7-13)15-12/h2-6H,1H3. The zero-order valence-electron chi connectivity index (χ0n) is 9.90. The molecule has 0 saturated heterocycles. The van der Waals surface area contributed by atoms with Gasteiger partial charge in [0.25, 0.3) is 0 Å². The van der Waals surface area contributed by atoms with Gasteiger partial charge in [-0.15, -0.1) is 0 Å². The van der Waals surface area contributed by atoms with E-state index in [1.807, 2.05) is 6.07 Å². The molecule has 1 aromatic heterocycles. The first-order valence-corrected chi connectivity index (χ1v) is 5.27. The van der Waals surface area contributed by atoms with Gasteiger partial charge >= 0.3 is 11.7 Å². The van der Waals surface area contributed by atoms with Gasteiger partial charge in [-0.05, 0) is 19.1 Å². The fourth-order valence-corrected chi connectivity index (χ4v) is 1.50. The lowest BCUT2D eigenvalue weighted by atomic mass is 10.2. The number of para-hydroxylation sites is 1. The van der Waals surface area contributed by atoms with Crippen molar-refractivity contribution in [2.24, 2.45) is 0 Å². The van der Waals surface area contributed by atoms with E-state index < -0.39 is 4.92 Å². The number of nitro groups is 1. The van der Waals surface area contributed by atoms with Crippen molar-refractivity contribution < 1.29 is 9.66 Å². The van der Waals surface area contributed by atoms with E-state index in [0.29, 0.717) is 5.56 Å². The van der Waals surface area contributed by atoms with Crippen LogP contribution in [0.3, 0.4) is 0 Å². The Bertz CT molecular complexity index is 679. The van der Waals surface area contributed by atoms with Crippen LogP contribution in [0.2, 0.25) is 0 Å². The van der Waals surface area contributed by atoms with Crippen LogP contribution in [0, 0.1) is 28.4 Å². The van der Waals surface area contributed by atoms with Crippen LogP contribution < -0.4 is 4.74 Å². The first kappa shape index (κ1) is 12.4. The third-order valence-electron chi connectivity index (χ3n) is 2.33. The predicted molar refractivity (Wildman–Crippen MR) is 64.7 cm³/mol. The molecule has 2 aromatic rings. The Morgan fingerprint density at radius 1 is 1.42 bits per heavy atom. The van der Waals surface area contributed by atoms with Gasteiger partial charge in [0.15, 0.2) is 0 Å². The fourth-order valence-electron chi connectivity index (χ4n) is 1.50. The van der Waals surface area contributed by atoms with Crippen molar-refractivity contribution in [3.63, 3.8) is 0 Å². The predicted octanol–water partition coefficient (Wildman–Crippen LogP) is 2.36. The third-order valence-corrected chi connectivity index (χ3v) is 2.33. The first-order valence-electron chi connectivity index (χ1n) is 5.27. The van der Waals surface area contributed by atoms with Gasteiger partial charge in [0.1, 0.15) is 11.8 Å². The van der Waals surface area contributed by atoms with Crippen molar-refractivity contribution >= 4 is 5.69 Å². The largest absolute Gasteiger partial charge is 0.417 e. The Hall–Kier alpha value is -3.01. The Kier molecular flexibility index (Phi) is 3.34. The summed E-state index contributed by atoms with van der Waals surface area (Å²) in [5.74, 6) is 0.0417. The second kappa shape index (κ2) is 5.10. The first-order chi connectivity index (χ1) is 9.11. The summed E-state index contributed by atoms with van der Waals surface area (Å²) in [7, 11) is 0. The van der Waals surface area contributed by atoms with Gasteiger partial charge in [-0.25, -0.2) is 4.98 Å². The maximum atomic E-state index is 11.0. The van der Waals surface area contributed by atoms with E-state index in [2.05, 4.69) is 9.97 Å². The normalized spacial score (nSPS) is 9.68. The third kappa shape index (κ3) is 2.63. The fraction of sp³-hybridized carbons (Fsp3) is 0.0833. The van der Waals surface area contributed by atoms with Crippen molar-refractivity contribution in [1.82, 2.24) is 9.97 Å². The molecule has 0 bridgehead atoms. The summed E-state index contributed by atoms with van der Waals surface area (Å²) in [6.45, 7) is 1.61. The van der Waals surface area contributed by atoms with Crippen molar-refractivity contribution in [3.05, 3.63) is 51.8 Å². The van der Waals surface area contributed by atoms with Crippen LogP contribution >= 0.6 is 0 Å². The molecule has 0 aliphatic rings. The zero-order chi connectivity index (χ0) is 13.8. The van der Waals surface area contributed by atoms with E-state index >= 15 is 0 Å². The lowest BCUT2D eigenvalue weighted by Crippen LogP contribution is -1.98. The van der Waals surface area contributed by atoms with E-state index in [9.17, 15) is 10.1 Å². The molecule has 0 amide bonds. The van der Waals surface area contributed by atoms with Crippen LogP contribution in [-0.2, 0) is 0 Å². The maximum absolute atomic E-state index is 11.0. The van der Waals surface area contributed by atoms with Gasteiger partial charge in [0, 0.05) is 11.8 Å². The number of aromatic nitrogens is 2. The smallest absolute Gasteiger partial charge is 0.323 e. The van der Waals surface area contributed by atoms with Gasteiger partial charge in [-0.2, -0.15) is 10.2 Å². The quantitative estimate of drug-likeness (QED) is 0.617. The molecule has 0 unspecified atom stereocenters. The lowest BCUT2D eigenvalue weighted by Gasteiger charge is -2.05. The van der Waals surface area contributed by atoms with E-state index in [1.54, 1.807) is 19.1 Å². The molecule has 0 aliphatic carbocycles. The highest BCUT2D eigenvalue weighted by Gasteiger charge is 2.19. The molecule has 19 heavy (non-hydrogen) atoms. The highest BCUT2D eigenvalue weighted by molar-refractivity contribution is 5.52. The van der Waals surface area contributed by atoms with Gasteiger partial charge in [0.05, 0.1) is 4.92 Å². The lowest BCUT2D eigenvalue weighted by molar-refractivity contribution is -0.386. The van der Waals surface area contributed by atoms with Gasteiger partial charge in [-0.1, -0.05) is 12.1 Å². The molecule has 0 aliphatic heterocycles. The van der Waals surface area contributed by atoms with E-state index in [1.165, 1.54) is 18.3 Å². The molecule has 1 heterocycles. The minimum atomic E-state index is -0.529. The molecule has 0 saturated carbocycles. The molecule has 0 spiro atoms. The molecule has 0 atom stereocenters. The molecule has 0 radical (unpaired) electrons. The monoisotopic (exact) mass is 256 g/mol. The number of benzene rings is 1. The number of nitrogens with zero attached hydrogens (tertiary/aromatic N) is 4. The molecule has 1 aromatic carbocycles. The average molecular weight is 256 g/mol. The summed E-state index contributed by atoms with van der Waals surface area (Å²) in [5.41, 5.74) is 0.452. The van der Waals surface area contributed by atoms with Crippen molar-refractivity contribution in [3.8, 4) is 17.8 Å². The average Bonchev–Trinajstić information content (AvgIpc) is 2.38. The van der Waals surface area contributed by atoms with E-state index in [0.717, 1.165) is 0 Å². The second-order valence-electron chi connectivity index (χ2n) is 3.62. The summed E-state index contributed by atoms with van der Waals surface area (Å²) >= 11 is 0. The summed E-state index contributed by atoms with van der Waals surface area (Å²) in [4.78, 5) is 18.1. The van der Waals surface area contributed by atoms with Crippen LogP contribution in [0.15, 0.2) is 30.5 Å². The van der Waals surface area contributed by atoms with Crippen LogP contribution in [0.25, 0.3) is 0 Å². The molecule has 7 nitrogen and oxygen atoms in total. The zero-order valence-corrected chi connectivity index (χ0v) is 9.90. The van der Waals surface area contributed by atoms with Crippen LogP contribution in [-0.4, -0.2) is 14.9 Å². The van der Waals surface area contributed by atoms with Gasteiger partial charge in [-0.3, -0.25) is 10.1 Å². The number of nitro benzene ring substituents is 1. The molecule has 7 heteroatoms. The minimum absolute atomic E-state index is 0.0417. The summed E-state index contributed by atoms with van der Waals surface area (Å²) in [5, 5.41) is 19.7. The highest BCUT2D eigenvalue weighted by atomic mass is 16.6. The summed E-state index contributed by atoms with van der Waals surface area (Å²) in [6.07, 6.45) is 1.35. The van der Waals surface area contributed by atoms with Crippen LogP contribution in [0.1, 0.15) is 11.3 Å². The molecular formula is C12H8N4O3. The number of hydrogen-bond acceptors (Lipinski definition) is 6. The Balaban J connectivity index is 2.41. The minimum Gasteiger partial charge on any atom is -0.417 e. The maximum Gasteiger partial charge on any atom is 0.323 e. The SMILES string of the molecule is Cc1cccc(Oc2nccc(C#N)n2)c1[N+](=O)[O-]. The number of aryl methyl sites for hydroxylation is 1. The van der Waals surface area contributed by atoms with Crippen molar-refractivity contribution in [2.75, 3.05) is 0 Å². The number of hydrogen-bond donors (Lipinski definition) is 0. The Morgan fingerprint density at radius 3 is 2.89 bits per heavy atom. The Labute approximate surface area is 108 Å². The molecule has 0 N–H and O–H groups in total. The topological polar surface area (TPSA) is 102 Å². The van der Waals surface area contributed by atoms with E-state index in [-0.39, 0.29) is 23.1 Å². The van der Waals surface area contributed by atoms with Crippen LogP contribution in [0.4, 0.5) is 5.69 Å². The van der Waals surface area contributed by atoms with Gasteiger partial charge < -0.3 is 4.74 Å². The summed E-state index contributed by atoms with van der Waals surface area (Å²) < 4.78 is 5.28. The highest BCUT2D eigenvalue weighted by Crippen LogP contribution is 2.32. The number of nitriles is 1. The molecule has 0 fully saturated rings. The summed E-state index contributed by atoms with van der Waals surface area (Å²) in [6, 6.07) is 7.84. The molecular weight excluding hydrogens is 248 g/mol. The van der Waals surface area contributed by atoms with E-state index in [4.69, 9.17) is 10.00 Å². The van der Waals surface area contributed by atoms with Crippen molar-refractivity contribution in [2.45, 2.75) is 6.92 Å². The van der Waals surface area contributed by atoms with Gasteiger partial charge in [0.2, 0.25) is 5.75 Å². The van der Waals surface area contributed by atoms with Crippen molar-refractivity contribution in [1.29, 1.82) is 5.26 Å². The number of ether oxygens (including phenoxy) is 1. The van der Waals surface area contributed by atoms with Crippen LogP contribution in [0.5, 0.6) is 11.8 Å². The molecule has 2 rings (SSSR count). The number of rotatable bonds is 3. The molecule has 94 valence electrons. The second-order valence-corrected chi connectivity index (χ2v) is 3.62. The Morgan fingerprint density at radius 2 is 2.21 bits per heavy atom.